The molecule has 0 spiro atoms. The molecule has 0 aliphatic carbocycles. The molecular formula is C22H21ClN6O2. The fourth-order valence-electron chi connectivity index (χ4n) is 3.44. The van der Waals surface area contributed by atoms with Crippen LogP contribution in [-0.4, -0.2) is 51.2 Å². The molecule has 1 fully saturated rings. The zero-order valence-corrected chi connectivity index (χ0v) is 17.4. The van der Waals surface area contributed by atoms with Gasteiger partial charge < -0.3 is 21.3 Å². The van der Waals surface area contributed by atoms with Gasteiger partial charge in [-0.1, -0.05) is 23.7 Å². The molecule has 2 aromatic carbocycles. The van der Waals surface area contributed by atoms with Crippen LogP contribution in [0.1, 0.15) is 11.1 Å². The molecule has 0 atom stereocenters. The number of rotatable bonds is 4. The Morgan fingerprint density at radius 2 is 1.97 bits per heavy atom. The molecule has 1 saturated heterocycles. The summed E-state index contributed by atoms with van der Waals surface area (Å²) < 4.78 is 0. The molecule has 0 unspecified atom stereocenters. The summed E-state index contributed by atoms with van der Waals surface area (Å²) in [6, 6.07) is 10.8. The number of carbonyl (C=O) groups excluding carboxylic acids is 2. The number of benzene rings is 2. The lowest BCUT2D eigenvalue weighted by Gasteiger charge is -2.34. The van der Waals surface area contributed by atoms with E-state index in [2.05, 4.69) is 9.97 Å². The van der Waals surface area contributed by atoms with Crippen molar-refractivity contribution in [2.75, 3.05) is 31.1 Å². The monoisotopic (exact) mass is 436 g/mol. The summed E-state index contributed by atoms with van der Waals surface area (Å²) >= 11 is 5.91. The topological polar surface area (TPSA) is 118 Å². The fourth-order valence-corrected chi connectivity index (χ4v) is 3.56. The molecule has 2 amide bonds. The highest BCUT2D eigenvalue weighted by Crippen LogP contribution is 2.21. The largest absolute Gasteiger partial charge is 0.398 e. The summed E-state index contributed by atoms with van der Waals surface area (Å²) in [5.41, 5.74) is 14.5. The second-order valence-electron chi connectivity index (χ2n) is 7.30. The van der Waals surface area contributed by atoms with Crippen molar-refractivity contribution >= 4 is 51.9 Å². The summed E-state index contributed by atoms with van der Waals surface area (Å²) in [4.78, 5) is 36.6. The lowest BCUT2D eigenvalue weighted by molar-refractivity contribution is -0.143. The molecule has 4 rings (SSSR count). The van der Waals surface area contributed by atoms with Gasteiger partial charge >= 0.3 is 0 Å². The minimum Gasteiger partial charge on any atom is -0.398 e. The minimum atomic E-state index is -0.223. The first kappa shape index (κ1) is 20.6. The van der Waals surface area contributed by atoms with Crippen molar-refractivity contribution in [3.05, 3.63) is 65.0 Å². The van der Waals surface area contributed by atoms with Gasteiger partial charge in [-0.2, -0.15) is 0 Å². The van der Waals surface area contributed by atoms with Crippen LogP contribution in [0.5, 0.6) is 0 Å². The third-order valence-electron chi connectivity index (χ3n) is 5.17. The van der Waals surface area contributed by atoms with Crippen molar-refractivity contribution in [2.45, 2.75) is 6.54 Å². The van der Waals surface area contributed by atoms with Crippen LogP contribution in [0.15, 0.2) is 48.8 Å². The number of hydrogen-bond acceptors (Lipinski definition) is 6. The first-order chi connectivity index (χ1) is 14.9. The van der Waals surface area contributed by atoms with Gasteiger partial charge in [0.15, 0.2) is 0 Å². The van der Waals surface area contributed by atoms with Crippen molar-refractivity contribution in [1.29, 1.82) is 0 Å². The summed E-state index contributed by atoms with van der Waals surface area (Å²) in [6.45, 7) is 1.39. The first-order valence-corrected chi connectivity index (χ1v) is 10.1. The third kappa shape index (κ3) is 4.59. The van der Waals surface area contributed by atoms with E-state index in [4.69, 9.17) is 23.1 Å². The maximum absolute atomic E-state index is 12.6. The zero-order valence-electron chi connectivity index (χ0n) is 16.7. The van der Waals surface area contributed by atoms with Crippen molar-refractivity contribution in [2.24, 2.45) is 0 Å². The van der Waals surface area contributed by atoms with E-state index in [9.17, 15) is 9.59 Å². The van der Waals surface area contributed by atoms with Gasteiger partial charge in [0.05, 0.1) is 16.2 Å². The van der Waals surface area contributed by atoms with Crippen molar-refractivity contribution in [3.63, 3.8) is 0 Å². The Morgan fingerprint density at radius 3 is 2.74 bits per heavy atom. The number of hydrogen-bond donors (Lipinski definition) is 2. The SMILES string of the molecule is Nc1cc(C=CC(=O)N2CCN(Cc3ccc4c(N)ncnc4c3)C(=O)C2)ccc1Cl. The smallest absolute Gasteiger partial charge is 0.247 e. The molecule has 158 valence electrons. The molecule has 0 bridgehead atoms. The highest BCUT2D eigenvalue weighted by molar-refractivity contribution is 6.33. The van der Waals surface area contributed by atoms with E-state index in [-0.39, 0.29) is 18.4 Å². The number of carbonyl (C=O) groups is 2. The van der Waals surface area contributed by atoms with E-state index < -0.39 is 0 Å². The number of anilines is 2. The Labute approximate surface area is 184 Å². The number of aromatic nitrogens is 2. The van der Waals surface area contributed by atoms with Gasteiger partial charge in [-0.15, -0.1) is 0 Å². The molecule has 1 aliphatic heterocycles. The molecule has 3 aromatic rings. The van der Waals surface area contributed by atoms with Gasteiger partial charge in [-0.05, 0) is 41.5 Å². The van der Waals surface area contributed by atoms with Gasteiger partial charge in [-0.25, -0.2) is 9.97 Å². The number of nitrogens with two attached hydrogens (primary N) is 2. The molecule has 9 heteroatoms. The average Bonchev–Trinajstić information content (AvgIpc) is 2.76. The maximum Gasteiger partial charge on any atom is 0.247 e. The Bertz CT molecular complexity index is 1200. The number of nitrogen functional groups attached to an aromatic ring is 2. The first-order valence-electron chi connectivity index (χ1n) is 9.69. The second-order valence-corrected chi connectivity index (χ2v) is 7.71. The predicted molar refractivity (Wildman–Crippen MR) is 121 cm³/mol. The molecule has 4 N–H and O–H groups in total. The zero-order chi connectivity index (χ0) is 22.0. The Hall–Kier alpha value is -3.65. The van der Waals surface area contributed by atoms with Crippen LogP contribution in [0.2, 0.25) is 5.02 Å². The molecule has 31 heavy (non-hydrogen) atoms. The average molecular weight is 437 g/mol. The molecule has 1 aliphatic rings. The standard InChI is InChI=1S/C22H21ClN6O2/c23-17-5-2-14(9-18(17)24)3-6-20(30)29-8-7-28(21(31)12-29)11-15-1-4-16-19(10-15)26-13-27-22(16)25/h1-6,9-10,13H,7-8,11-12,24H2,(H2,25,26,27). The van der Waals surface area contributed by atoms with Gasteiger partial charge in [0.25, 0.3) is 0 Å². The van der Waals surface area contributed by atoms with E-state index in [1.807, 2.05) is 18.2 Å². The minimum absolute atomic E-state index is 0.0363. The van der Waals surface area contributed by atoms with E-state index >= 15 is 0 Å². The molecule has 0 saturated carbocycles. The van der Waals surface area contributed by atoms with Crippen LogP contribution in [0.3, 0.4) is 0 Å². The third-order valence-corrected chi connectivity index (χ3v) is 5.52. The van der Waals surface area contributed by atoms with Crippen LogP contribution in [-0.2, 0) is 16.1 Å². The normalized spacial score (nSPS) is 14.5. The van der Waals surface area contributed by atoms with Gasteiger partial charge in [-0.3, -0.25) is 9.59 Å². The van der Waals surface area contributed by atoms with E-state index in [1.54, 1.807) is 29.2 Å². The van der Waals surface area contributed by atoms with Gasteiger partial charge in [0.1, 0.15) is 18.7 Å². The van der Waals surface area contributed by atoms with E-state index in [1.165, 1.54) is 17.3 Å². The van der Waals surface area contributed by atoms with Crippen molar-refractivity contribution in [1.82, 2.24) is 19.8 Å². The predicted octanol–water partition coefficient (Wildman–Crippen LogP) is 2.33. The molecule has 1 aromatic heterocycles. The quantitative estimate of drug-likeness (QED) is 0.478. The second kappa shape index (κ2) is 8.61. The molecule has 2 heterocycles. The molecule has 0 radical (unpaired) electrons. The lowest BCUT2D eigenvalue weighted by atomic mass is 10.1. The highest BCUT2D eigenvalue weighted by atomic mass is 35.5. The number of piperazine rings is 1. The maximum atomic E-state index is 12.6. The van der Waals surface area contributed by atoms with Crippen molar-refractivity contribution < 1.29 is 9.59 Å². The summed E-state index contributed by atoms with van der Waals surface area (Å²) in [5, 5.41) is 1.25. The summed E-state index contributed by atoms with van der Waals surface area (Å²) in [5.74, 6) is 0.0968. The van der Waals surface area contributed by atoms with Crippen molar-refractivity contribution in [3.8, 4) is 0 Å². The van der Waals surface area contributed by atoms with Gasteiger partial charge in [0.2, 0.25) is 11.8 Å². The number of fused-ring (bicyclic) bond motifs is 1. The van der Waals surface area contributed by atoms with E-state index in [0.29, 0.717) is 36.2 Å². The Kier molecular flexibility index (Phi) is 5.73. The summed E-state index contributed by atoms with van der Waals surface area (Å²) in [6.07, 6.45) is 4.52. The number of halogens is 1. The van der Waals surface area contributed by atoms with Crippen LogP contribution in [0.25, 0.3) is 17.0 Å². The molecular weight excluding hydrogens is 416 g/mol. The van der Waals surface area contributed by atoms with Crippen LogP contribution in [0, 0.1) is 0 Å². The highest BCUT2D eigenvalue weighted by Gasteiger charge is 2.26. The van der Waals surface area contributed by atoms with Gasteiger partial charge in [0, 0.05) is 31.1 Å². The van der Waals surface area contributed by atoms with Crippen LogP contribution < -0.4 is 11.5 Å². The fraction of sp³-hybridized carbons (Fsp3) is 0.182. The number of nitrogens with zero attached hydrogens (tertiary/aromatic N) is 4. The molecule has 8 nitrogen and oxygen atoms in total. The Morgan fingerprint density at radius 1 is 1.13 bits per heavy atom. The summed E-state index contributed by atoms with van der Waals surface area (Å²) in [7, 11) is 0. The van der Waals surface area contributed by atoms with E-state index in [0.717, 1.165) is 22.0 Å². The van der Waals surface area contributed by atoms with Crippen LogP contribution in [0.4, 0.5) is 11.5 Å². The Balaban J connectivity index is 1.38. The lowest BCUT2D eigenvalue weighted by Crippen LogP contribution is -2.51. The van der Waals surface area contributed by atoms with Crippen LogP contribution >= 0.6 is 11.6 Å². The number of amides is 2.